The van der Waals surface area contributed by atoms with Gasteiger partial charge in [-0.25, -0.2) is 4.79 Å². The Morgan fingerprint density at radius 3 is 2.23 bits per heavy atom. The lowest BCUT2D eigenvalue weighted by atomic mass is 9.98. The first-order valence-corrected chi connectivity index (χ1v) is 10.1. The first kappa shape index (κ1) is 20.5. The molecule has 1 fully saturated rings. The average Bonchev–Trinajstić information content (AvgIpc) is 3.04. The summed E-state index contributed by atoms with van der Waals surface area (Å²) in [6.07, 6.45) is 4.62. The topological polar surface area (TPSA) is 95.9 Å². The fourth-order valence-electron chi connectivity index (χ4n) is 4.14. The molecule has 7 heteroatoms. The second kappa shape index (κ2) is 8.52. The molecule has 2 aromatic rings. The summed E-state index contributed by atoms with van der Waals surface area (Å²) in [7, 11) is 0. The van der Waals surface area contributed by atoms with Crippen molar-refractivity contribution in [3.63, 3.8) is 0 Å². The van der Waals surface area contributed by atoms with Gasteiger partial charge >= 0.3 is 12.1 Å². The van der Waals surface area contributed by atoms with Crippen molar-refractivity contribution in [1.82, 2.24) is 10.2 Å². The second-order valence-corrected chi connectivity index (χ2v) is 7.71. The third-order valence-corrected chi connectivity index (χ3v) is 5.80. The van der Waals surface area contributed by atoms with E-state index in [1.165, 1.54) is 4.90 Å². The summed E-state index contributed by atoms with van der Waals surface area (Å²) in [6.45, 7) is 0.352. The molecule has 158 valence electrons. The normalized spacial score (nSPS) is 15.8. The van der Waals surface area contributed by atoms with Gasteiger partial charge in [0.2, 0.25) is 5.91 Å². The SMILES string of the molecule is C#CCC(NC(=O)OCC1c2ccccc2-c2ccccc21)C(=O)N1CC(C(=O)O)C1. The Labute approximate surface area is 180 Å². The second-order valence-electron chi connectivity index (χ2n) is 7.71. The number of amides is 2. The fraction of sp³-hybridized carbons (Fsp3) is 0.292. The van der Waals surface area contributed by atoms with Gasteiger partial charge in [0.25, 0.3) is 0 Å². The highest BCUT2D eigenvalue weighted by Gasteiger charge is 2.38. The van der Waals surface area contributed by atoms with E-state index in [1.807, 2.05) is 48.5 Å². The molecule has 2 aromatic carbocycles. The van der Waals surface area contributed by atoms with E-state index in [0.717, 1.165) is 22.3 Å². The highest BCUT2D eigenvalue weighted by molar-refractivity contribution is 5.88. The summed E-state index contributed by atoms with van der Waals surface area (Å²) in [4.78, 5) is 37.4. The summed E-state index contributed by atoms with van der Waals surface area (Å²) >= 11 is 0. The van der Waals surface area contributed by atoms with Crippen LogP contribution in [0.2, 0.25) is 0 Å². The minimum Gasteiger partial charge on any atom is -0.481 e. The number of hydrogen-bond donors (Lipinski definition) is 2. The summed E-state index contributed by atoms with van der Waals surface area (Å²) < 4.78 is 5.47. The lowest BCUT2D eigenvalue weighted by Crippen LogP contribution is -2.58. The van der Waals surface area contributed by atoms with Crippen LogP contribution < -0.4 is 5.32 Å². The van der Waals surface area contributed by atoms with Crippen molar-refractivity contribution in [3.05, 3.63) is 59.7 Å². The zero-order valence-electron chi connectivity index (χ0n) is 16.8. The van der Waals surface area contributed by atoms with Crippen molar-refractivity contribution in [3.8, 4) is 23.5 Å². The number of terminal acetylenes is 1. The zero-order chi connectivity index (χ0) is 22.0. The molecular formula is C24H22N2O5. The lowest BCUT2D eigenvalue weighted by molar-refractivity contribution is -0.153. The number of nitrogens with zero attached hydrogens (tertiary/aromatic N) is 1. The maximum absolute atomic E-state index is 12.6. The van der Waals surface area contributed by atoms with E-state index in [1.54, 1.807) is 0 Å². The van der Waals surface area contributed by atoms with Crippen LogP contribution in [-0.2, 0) is 14.3 Å². The van der Waals surface area contributed by atoms with Crippen LogP contribution in [0.1, 0.15) is 23.5 Å². The molecule has 0 aromatic heterocycles. The summed E-state index contributed by atoms with van der Waals surface area (Å²) in [6, 6.07) is 15.1. The molecule has 1 atom stereocenters. The number of ether oxygens (including phenoxy) is 1. The Kier molecular flexibility index (Phi) is 5.63. The Morgan fingerprint density at radius 1 is 1.10 bits per heavy atom. The van der Waals surface area contributed by atoms with Crippen molar-refractivity contribution >= 4 is 18.0 Å². The van der Waals surface area contributed by atoms with Crippen LogP contribution in [0.15, 0.2) is 48.5 Å². The van der Waals surface area contributed by atoms with Gasteiger partial charge in [-0.1, -0.05) is 48.5 Å². The predicted octanol–water partition coefficient (Wildman–Crippen LogP) is 2.46. The van der Waals surface area contributed by atoms with Gasteiger partial charge in [0.15, 0.2) is 0 Å². The summed E-state index contributed by atoms with van der Waals surface area (Å²) in [5.41, 5.74) is 4.43. The molecule has 1 saturated heterocycles. The van der Waals surface area contributed by atoms with Crippen molar-refractivity contribution < 1.29 is 24.2 Å². The molecule has 0 bridgehead atoms. The molecule has 1 aliphatic heterocycles. The maximum atomic E-state index is 12.6. The third-order valence-electron chi connectivity index (χ3n) is 5.80. The van der Waals surface area contributed by atoms with E-state index in [4.69, 9.17) is 16.3 Å². The Bertz CT molecular complexity index is 1020. The molecule has 0 radical (unpaired) electrons. The van der Waals surface area contributed by atoms with E-state index in [-0.39, 0.29) is 32.0 Å². The van der Waals surface area contributed by atoms with Crippen LogP contribution in [0.25, 0.3) is 11.1 Å². The number of likely N-dealkylation sites (tertiary alicyclic amines) is 1. The fourth-order valence-corrected chi connectivity index (χ4v) is 4.14. The van der Waals surface area contributed by atoms with Crippen molar-refractivity contribution in [1.29, 1.82) is 0 Å². The molecule has 4 rings (SSSR count). The number of benzene rings is 2. The molecule has 2 N–H and O–H groups in total. The Hall–Kier alpha value is -3.79. The molecule has 1 unspecified atom stereocenters. The number of carboxylic acid groups (broad SMARTS) is 1. The molecular weight excluding hydrogens is 396 g/mol. The van der Waals surface area contributed by atoms with E-state index < -0.39 is 29.9 Å². The highest BCUT2D eigenvalue weighted by atomic mass is 16.5. The van der Waals surface area contributed by atoms with E-state index >= 15 is 0 Å². The zero-order valence-corrected chi connectivity index (χ0v) is 16.8. The molecule has 31 heavy (non-hydrogen) atoms. The molecule has 1 heterocycles. The van der Waals surface area contributed by atoms with Crippen LogP contribution in [0.4, 0.5) is 4.79 Å². The van der Waals surface area contributed by atoms with Crippen molar-refractivity contribution in [2.24, 2.45) is 5.92 Å². The standard InChI is InChI=1S/C24H22N2O5/c1-2-7-21(22(27)26-12-15(13-26)23(28)29)25-24(30)31-14-20-18-10-5-3-8-16(18)17-9-4-6-11-19(17)20/h1,3-6,8-11,15,20-21H,7,12-14H2,(H,25,30)(H,28,29). The van der Waals surface area contributed by atoms with Gasteiger partial charge in [0.05, 0.1) is 5.92 Å². The first-order chi connectivity index (χ1) is 15.0. The van der Waals surface area contributed by atoms with Crippen LogP contribution in [0.5, 0.6) is 0 Å². The number of hydrogen-bond acceptors (Lipinski definition) is 4. The molecule has 2 aliphatic rings. The quantitative estimate of drug-likeness (QED) is 0.703. The van der Waals surface area contributed by atoms with Gasteiger partial charge in [-0.3, -0.25) is 9.59 Å². The van der Waals surface area contributed by atoms with Gasteiger partial charge in [-0.15, -0.1) is 12.3 Å². The minimum atomic E-state index is -0.949. The number of nitrogens with one attached hydrogen (secondary N) is 1. The number of alkyl carbamates (subject to hydrolysis) is 1. The number of carboxylic acids is 1. The van der Waals surface area contributed by atoms with E-state index in [9.17, 15) is 14.4 Å². The highest BCUT2D eigenvalue weighted by Crippen LogP contribution is 2.44. The average molecular weight is 418 g/mol. The van der Waals surface area contributed by atoms with Gasteiger partial charge in [0.1, 0.15) is 12.6 Å². The van der Waals surface area contributed by atoms with Crippen LogP contribution in [-0.4, -0.2) is 53.7 Å². The van der Waals surface area contributed by atoms with Crippen LogP contribution >= 0.6 is 0 Å². The number of carbonyl (C=O) groups excluding carboxylic acids is 2. The monoisotopic (exact) mass is 418 g/mol. The number of carbonyl (C=O) groups is 3. The van der Waals surface area contributed by atoms with E-state index in [2.05, 4.69) is 11.2 Å². The largest absolute Gasteiger partial charge is 0.481 e. The Morgan fingerprint density at radius 2 is 1.68 bits per heavy atom. The van der Waals surface area contributed by atoms with Crippen LogP contribution in [0.3, 0.4) is 0 Å². The van der Waals surface area contributed by atoms with Crippen molar-refractivity contribution in [2.45, 2.75) is 18.4 Å². The van der Waals surface area contributed by atoms with Crippen molar-refractivity contribution in [2.75, 3.05) is 19.7 Å². The van der Waals surface area contributed by atoms with Gasteiger partial charge in [-0.05, 0) is 22.3 Å². The Balaban J connectivity index is 1.39. The number of rotatable bonds is 6. The summed E-state index contributed by atoms with van der Waals surface area (Å²) in [5, 5.41) is 11.5. The predicted molar refractivity (Wildman–Crippen MR) is 113 cm³/mol. The smallest absolute Gasteiger partial charge is 0.407 e. The number of aliphatic carboxylic acids is 1. The molecule has 7 nitrogen and oxygen atoms in total. The lowest BCUT2D eigenvalue weighted by Gasteiger charge is -2.38. The molecule has 0 spiro atoms. The van der Waals surface area contributed by atoms with Gasteiger partial charge in [0, 0.05) is 25.4 Å². The van der Waals surface area contributed by atoms with E-state index in [0.29, 0.717) is 0 Å². The molecule has 1 aliphatic carbocycles. The first-order valence-electron chi connectivity index (χ1n) is 10.1. The van der Waals surface area contributed by atoms with Crippen LogP contribution in [0, 0.1) is 18.3 Å². The van der Waals surface area contributed by atoms with Gasteiger partial charge < -0.3 is 20.1 Å². The molecule has 2 amide bonds. The maximum Gasteiger partial charge on any atom is 0.407 e. The number of fused-ring (bicyclic) bond motifs is 3. The third kappa shape index (κ3) is 3.97. The van der Waals surface area contributed by atoms with Gasteiger partial charge in [-0.2, -0.15) is 0 Å². The minimum absolute atomic E-state index is 0.00271. The molecule has 0 saturated carbocycles. The summed E-state index contributed by atoms with van der Waals surface area (Å²) in [5.74, 6) is 0.369.